The maximum Gasteiger partial charge on any atom is 0.339 e. The van der Waals surface area contributed by atoms with Gasteiger partial charge in [-0.1, -0.05) is 0 Å². The summed E-state index contributed by atoms with van der Waals surface area (Å²) in [6.45, 7) is 3.50. The smallest absolute Gasteiger partial charge is 0.339 e. The molecule has 3 rings (SSSR count). The molecule has 0 atom stereocenters. The van der Waals surface area contributed by atoms with E-state index in [9.17, 15) is 13.2 Å². The van der Waals surface area contributed by atoms with Gasteiger partial charge in [-0.2, -0.15) is 17.0 Å². The van der Waals surface area contributed by atoms with Crippen LogP contribution in [-0.2, 0) is 10.2 Å². The molecule has 0 saturated carbocycles. The highest BCUT2D eigenvalue weighted by atomic mass is 32.2. The van der Waals surface area contributed by atoms with Crippen LogP contribution in [0.2, 0.25) is 0 Å². The number of hydrogen-bond acceptors (Lipinski definition) is 5. The molecule has 0 N–H and O–H groups in total. The van der Waals surface area contributed by atoms with Crippen molar-refractivity contribution in [2.45, 2.75) is 25.9 Å². The lowest BCUT2D eigenvalue weighted by Gasteiger charge is -2.39. The van der Waals surface area contributed by atoms with Crippen molar-refractivity contribution in [3.63, 3.8) is 0 Å². The van der Waals surface area contributed by atoms with Crippen molar-refractivity contribution in [2.24, 2.45) is 0 Å². The molecule has 2 aliphatic heterocycles. The Morgan fingerprint density at radius 2 is 1.86 bits per heavy atom. The molecule has 0 amide bonds. The van der Waals surface area contributed by atoms with Gasteiger partial charge in [0.05, 0.1) is 19.2 Å². The molecule has 0 bridgehead atoms. The van der Waals surface area contributed by atoms with E-state index in [1.165, 1.54) is 14.7 Å². The monoisotopic (exact) mass is 314 g/mol. The molecular weight excluding hydrogens is 296 g/mol. The summed E-state index contributed by atoms with van der Waals surface area (Å²) in [5.74, 6) is 0.894. The topological polar surface area (TPSA) is 80.1 Å². The predicted octanol–water partition coefficient (Wildman–Crippen LogP) is 0.352. The van der Waals surface area contributed by atoms with Gasteiger partial charge in [0.25, 0.3) is 10.2 Å². The second-order valence-electron chi connectivity index (χ2n) is 5.39. The molecule has 21 heavy (non-hydrogen) atoms. The van der Waals surface area contributed by atoms with Gasteiger partial charge in [0.15, 0.2) is 0 Å². The molecule has 8 heteroatoms. The second-order valence-corrected chi connectivity index (χ2v) is 7.32. The van der Waals surface area contributed by atoms with Crippen molar-refractivity contribution < 1.29 is 17.6 Å². The van der Waals surface area contributed by atoms with Gasteiger partial charge in [0.1, 0.15) is 17.6 Å². The van der Waals surface area contributed by atoms with Crippen LogP contribution in [-0.4, -0.2) is 49.3 Å². The van der Waals surface area contributed by atoms with Gasteiger partial charge in [-0.05, 0) is 19.8 Å². The largest absolute Gasteiger partial charge is 0.487 e. The maximum atomic E-state index is 12.3. The van der Waals surface area contributed by atoms with Crippen molar-refractivity contribution in [2.75, 3.05) is 26.2 Å². The Bertz CT molecular complexity index is 672. The summed E-state index contributed by atoms with van der Waals surface area (Å²) in [6, 6.07) is 2.89. The molecule has 7 nitrogen and oxygen atoms in total. The molecule has 0 spiro atoms. The molecule has 0 aromatic carbocycles. The third-order valence-corrected chi connectivity index (χ3v) is 5.67. The van der Waals surface area contributed by atoms with Crippen LogP contribution in [0.15, 0.2) is 21.3 Å². The van der Waals surface area contributed by atoms with E-state index in [1.54, 1.807) is 13.0 Å². The highest BCUT2D eigenvalue weighted by Crippen LogP contribution is 2.24. The fourth-order valence-electron chi connectivity index (χ4n) is 2.58. The van der Waals surface area contributed by atoms with Crippen LogP contribution >= 0.6 is 0 Å². The number of rotatable bonds is 4. The SMILES string of the molecule is Cc1cc(OC2CN(S(=O)(=O)N3CCCC3)C2)cc(=O)o1. The molecule has 2 fully saturated rings. The van der Waals surface area contributed by atoms with Crippen LogP contribution < -0.4 is 10.4 Å². The van der Waals surface area contributed by atoms with E-state index in [4.69, 9.17) is 9.15 Å². The Hall–Kier alpha value is -1.38. The Morgan fingerprint density at radius 3 is 2.48 bits per heavy atom. The zero-order valence-electron chi connectivity index (χ0n) is 11.8. The van der Waals surface area contributed by atoms with Gasteiger partial charge >= 0.3 is 5.63 Å². The molecule has 3 heterocycles. The highest BCUT2D eigenvalue weighted by Gasteiger charge is 2.41. The lowest BCUT2D eigenvalue weighted by atomic mass is 10.2. The standard InChI is InChI=1S/C13H18N2O5S/c1-10-6-11(7-13(16)19-10)20-12-8-15(9-12)21(17,18)14-4-2-3-5-14/h6-7,12H,2-5,8-9H2,1H3. The van der Waals surface area contributed by atoms with Crippen molar-refractivity contribution in [1.29, 1.82) is 0 Å². The number of hydrogen-bond donors (Lipinski definition) is 0. The molecule has 116 valence electrons. The fraction of sp³-hybridized carbons (Fsp3) is 0.615. The molecule has 0 radical (unpaired) electrons. The molecule has 1 aromatic rings. The first-order valence-corrected chi connectivity index (χ1v) is 8.38. The Labute approximate surface area is 123 Å². The van der Waals surface area contributed by atoms with E-state index < -0.39 is 15.8 Å². The average Bonchev–Trinajstić information content (AvgIpc) is 2.86. The Kier molecular flexibility index (Phi) is 3.76. The first-order valence-electron chi connectivity index (χ1n) is 6.99. The summed E-state index contributed by atoms with van der Waals surface area (Å²) in [6.07, 6.45) is 1.63. The van der Waals surface area contributed by atoms with E-state index in [1.807, 2.05) is 0 Å². The molecule has 2 saturated heterocycles. The highest BCUT2D eigenvalue weighted by molar-refractivity contribution is 7.86. The number of ether oxygens (including phenoxy) is 1. The third kappa shape index (κ3) is 2.97. The quantitative estimate of drug-likeness (QED) is 0.801. The van der Waals surface area contributed by atoms with Gasteiger partial charge in [-0.3, -0.25) is 0 Å². The van der Waals surface area contributed by atoms with Gasteiger partial charge in [0.2, 0.25) is 0 Å². The van der Waals surface area contributed by atoms with Crippen LogP contribution in [0.1, 0.15) is 18.6 Å². The summed E-state index contributed by atoms with van der Waals surface area (Å²) in [5, 5.41) is 0. The minimum absolute atomic E-state index is 0.219. The number of nitrogens with zero attached hydrogens (tertiary/aromatic N) is 2. The average molecular weight is 314 g/mol. The van der Waals surface area contributed by atoms with E-state index in [0.29, 0.717) is 37.7 Å². The van der Waals surface area contributed by atoms with Crippen LogP contribution in [0.25, 0.3) is 0 Å². The first kappa shape index (κ1) is 14.6. The summed E-state index contributed by atoms with van der Waals surface area (Å²) < 4.78 is 37.9. The zero-order chi connectivity index (χ0) is 15.0. The second kappa shape index (κ2) is 5.43. The fourth-order valence-corrected chi connectivity index (χ4v) is 4.34. The molecule has 1 aromatic heterocycles. The lowest BCUT2D eigenvalue weighted by Crippen LogP contribution is -2.59. The van der Waals surface area contributed by atoms with E-state index in [0.717, 1.165) is 12.8 Å². The van der Waals surface area contributed by atoms with Crippen molar-refractivity contribution in [3.8, 4) is 5.75 Å². The molecule has 0 unspecified atom stereocenters. The molecular formula is C13H18N2O5S. The van der Waals surface area contributed by atoms with Gasteiger partial charge in [-0.25, -0.2) is 4.79 Å². The summed E-state index contributed by atoms with van der Waals surface area (Å²) in [4.78, 5) is 11.2. The van der Waals surface area contributed by atoms with Crippen LogP contribution in [0, 0.1) is 6.92 Å². The Balaban J connectivity index is 1.59. The van der Waals surface area contributed by atoms with Crippen LogP contribution in [0.5, 0.6) is 5.75 Å². The van der Waals surface area contributed by atoms with Crippen LogP contribution in [0.3, 0.4) is 0 Å². The summed E-state index contributed by atoms with van der Waals surface area (Å²) in [5.41, 5.74) is -0.467. The lowest BCUT2D eigenvalue weighted by molar-refractivity contribution is 0.0712. The molecule has 2 aliphatic rings. The van der Waals surface area contributed by atoms with E-state index in [2.05, 4.69) is 0 Å². The summed E-state index contributed by atoms with van der Waals surface area (Å²) in [7, 11) is -3.34. The van der Waals surface area contributed by atoms with E-state index >= 15 is 0 Å². The first-order chi connectivity index (χ1) is 9.95. The third-order valence-electron chi connectivity index (χ3n) is 3.70. The van der Waals surface area contributed by atoms with Gasteiger partial charge < -0.3 is 9.15 Å². The van der Waals surface area contributed by atoms with Crippen molar-refractivity contribution >= 4 is 10.2 Å². The summed E-state index contributed by atoms with van der Waals surface area (Å²) >= 11 is 0. The predicted molar refractivity (Wildman–Crippen MR) is 75.4 cm³/mol. The normalized spacial score (nSPS) is 21.4. The zero-order valence-corrected chi connectivity index (χ0v) is 12.6. The van der Waals surface area contributed by atoms with E-state index in [-0.39, 0.29) is 6.10 Å². The Morgan fingerprint density at radius 1 is 1.19 bits per heavy atom. The minimum atomic E-state index is -3.34. The van der Waals surface area contributed by atoms with Crippen molar-refractivity contribution in [3.05, 3.63) is 28.3 Å². The minimum Gasteiger partial charge on any atom is -0.487 e. The van der Waals surface area contributed by atoms with Gasteiger partial charge in [0, 0.05) is 19.2 Å². The molecule has 0 aliphatic carbocycles. The van der Waals surface area contributed by atoms with Gasteiger partial charge in [-0.15, -0.1) is 0 Å². The maximum absolute atomic E-state index is 12.3. The van der Waals surface area contributed by atoms with Crippen molar-refractivity contribution in [1.82, 2.24) is 8.61 Å². The van der Waals surface area contributed by atoms with Crippen LogP contribution in [0.4, 0.5) is 0 Å². The number of aryl methyl sites for hydroxylation is 1.